The van der Waals surface area contributed by atoms with Gasteiger partial charge in [-0.15, -0.1) is 0 Å². The number of nitrogens with one attached hydrogen (secondary N) is 1. The molecule has 1 aliphatic heterocycles. The summed E-state index contributed by atoms with van der Waals surface area (Å²) in [6.07, 6.45) is 12.9. The van der Waals surface area contributed by atoms with Crippen molar-refractivity contribution in [2.75, 3.05) is 18.0 Å². The van der Waals surface area contributed by atoms with Crippen LogP contribution in [0.3, 0.4) is 0 Å². The van der Waals surface area contributed by atoms with Gasteiger partial charge in [-0.2, -0.15) is 5.10 Å². The summed E-state index contributed by atoms with van der Waals surface area (Å²) >= 11 is 0. The minimum Gasteiger partial charge on any atom is -0.356 e. The SMILES string of the molecule is CC(C)(C)n1ncc(C(=O)NC2CC3=CCC4CC3C2C4)c1N1CCCCC1. The molecule has 2 saturated carbocycles. The van der Waals surface area contributed by atoms with Gasteiger partial charge in [-0.05, 0) is 83.5 Å². The second-order valence-corrected chi connectivity index (χ2v) is 10.4. The van der Waals surface area contributed by atoms with Crippen LogP contribution < -0.4 is 10.2 Å². The van der Waals surface area contributed by atoms with Crippen molar-refractivity contribution in [2.24, 2.45) is 17.8 Å². The topological polar surface area (TPSA) is 50.2 Å². The number of nitrogens with zero attached hydrogens (tertiary/aromatic N) is 3. The number of hydrogen-bond acceptors (Lipinski definition) is 3. The third-order valence-electron chi connectivity index (χ3n) is 7.47. The van der Waals surface area contributed by atoms with Crippen LogP contribution in [0.2, 0.25) is 0 Å². The molecule has 1 aromatic rings. The van der Waals surface area contributed by atoms with E-state index in [0.29, 0.717) is 12.0 Å². The standard InChI is InChI=1S/C23H34N4O/c1-23(2,3)27-22(26-9-5-4-6-10-26)19(14-24-27)21(28)25-20-13-16-8-7-15-11-17(16)18(20)12-15/h8,14-15,17-18,20H,4-7,9-13H2,1-3H3,(H,25,28). The number of carbonyl (C=O) groups excluding carboxylic acids is 1. The molecule has 1 saturated heterocycles. The monoisotopic (exact) mass is 382 g/mol. The number of anilines is 1. The predicted molar refractivity (Wildman–Crippen MR) is 112 cm³/mol. The predicted octanol–water partition coefficient (Wildman–Crippen LogP) is 4.10. The Hall–Kier alpha value is -1.78. The highest BCUT2D eigenvalue weighted by Crippen LogP contribution is 2.54. The van der Waals surface area contributed by atoms with Crippen LogP contribution >= 0.6 is 0 Å². The summed E-state index contributed by atoms with van der Waals surface area (Å²) in [7, 11) is 0. The van der Waals surface area contributed by atoms with Crippen molar-refractivity contribution in [3.05, 3.63) is 23.4 Å². The van der Waals surface area contributed by atoms with Crippen LogP contribution in [-0.4, -0.2) is 34.8 Å². The van der Waals surface area contributed by atoms with Gasteiger partial charge in [0.15, 0.2) is 0 Å². The third kappa shape index (κ3) is 2.98. The average molecular weight is 383 g/mol. The third-order valence-corrected chi connectivity index (χ3v) is 7.47. The van der Waals surface area contributed by atoms with Gasteiger partial charge < -0.3 is 10.2 Å². The molecule has 3 fully saturated rings. The molecule has 4 atom stereocenters. The van der Waals surface area contributed by atoms with Crippen molar-refractivity contribution in [1.82, 2.24) is 15.1 Å². The number of piperidine rings is 1. The van der Waals surface area contributed by atoms with E-state index in [2.05, 4.69) is 46.8 Å². The van der Waals surface area contributed by atoms with Gasteiger partial charge in [0.05, 0.1) is 11.7 Å². The largest absolute Gasteiger partial charge is 0.356 e. The van der Waals surface area contributed by atoms with E-state index in [0.717, 1.165) is 42.7 Å². The zero-order valence-corrected chi connectivity index (χ0v) is 17.6. The molecule has 0 aromatic carbocycles. The molecular weight excluding hydrogens is 348 g/mol. The highest BCUT2D eigenvalue weighted by molar-refractivity contribution is 5.99. The average Bonchev–Trinajstić information content (AvgIpc) is 3.32. The van der Waals surface area contributed by atoms with Gasteiger partial charge in [-0.3, -0.25) is 4.79 Å². The van der Waals surface area contributed by atoms with Crippen LogP contribution in [0.1, 0.15) is 76.1 Å². The number of aromatic nitrogens is 2. The molecule has 5 nitrogen and oxygen atoms in total. The molecule has 1 aromatic heterocycles. The molecule has 152 valence electrons. The smallest absolute Gasteiger partial charge is 0.256 e. The molecule has 5 rings (SSSR count). The lowest BCUT2D eigenvalue weighted by Crippen LogP contribution is -2.40. The normalized spacial score (nSPS) is 31.8. The highest BCUT2D eigenvalue weighted by Gasteiger charge is 2.48. The minimum atomic E-state index is -0.140. The number of allylic oxidation sites excluding steroid dienone is 1. The Morgan fingerprint density at radius 1 is 1.18 bits per heavy atom. The van der Waals surface area contributed by atoms with Crippen molar-refractivity contribution in [2.45, 2.75) is 77.3 Å². The molecule has 4 unspecified atom stereocenters. The quantitative estimate of drug-likeness (QED) is 0.801. The Morgan fingerprint density at radius 3 is 2.71 bits per heavy atom. The Labute approximate surface area is 168 Å². The van der Waals surface area contributed by atoms with Gasteiger partial charge in [-0.1, -0.05) is 11.6 Å². The van der Waals surface area contributed by atoms with Crippen LogP contribution in [0.25, 0.3) is 0 Å². The van der Waals surface area contributed by atoms with Crippen molar-refractivity contribution in [3.63, 3.8) is 0 Å². The molecule has 5 heteroatoms. The second kappa shape index (κ2) is 6.64. The summed E-state index contributed by atoms with van der Waals surface area (Å²) in [5.41, 5.74) is 2.24. The van der Waals surface area contributed by atoms with Crippen molar-refractivity contribution in [1.29, 1.82) is 0 Å². The summed E-state index contributed by atoms with van der Waals surface area (Å²) in [5.74, 6) is 3.34. The maximum atomic E-state index is 13.4. The number of amides is 1. The number of rotatable bonds is 3. The Kier molecular flexibility index (Phi) is 4.33. The maximum Gasteiger partial charge on any atom is 0.256 e. The molecular formula is C23H34N4O. The Balaban J connectivity index is 1.41. The molecule has 2 heterocycles. The first-order valence-electron chi connectivity index (χ1n) is 11.2. The fourth-order valence-electron chi connectivity index (χ4n) is 6.16. The molecule has 28 heavy (non-hydrogen) atoms. The summed E-state index contributed by atoms with van der Waals surface area (Å²) in [6.45, 7) is 8.53. The lowest BCUT2D eigenvalue weighted by atomic mass is 9.89. The van der Waals surface area contributed by atoms with Crippen molar-refractivity contribution < 1.29 is 4.79 Å². The molecule has 2 bridgehead atoms. The number of fused-ring (bicyclic) bond motifs is 1. The molecule has 0 spiro atoms. The van der Waals surface area contributed by atoms with E-state index < -0.39 is 0 Å². The van der Waals surface area contributed by atoms with Gasteiger partial charge in [-0.25, -0.2) is 4.68 Å². The fraction of sp³-hybridized carbons (Fsp3) is 0.739. The van der Waals surface area contributed by atoms with Gasteiger partial charge in [0.25, 0.3) is 5.91 Å². The second-order valence-electron chi connectivity index (χ2n) is 10.4. The molecule has 3 aliphatic carbocycles. The van der Waals surface area contributed by atoms with Crippen molar-refractivity contribution in [3.8, 4) is 0 Å². The van der Waals surface area contributed by atoms with E-state index in [9.17, 15) is 4.79 Å². The van der Waals surface area contributed by atoms with Gasteiger partial charge in [0.2, 0.25) is 0 Å². The molecule has 4 aliphatic rings. The van der Waals surface area contributed by atoms with E-state index in [1.165, 1.54) is 38.5 Å². The summed E-state index contributed by atoms with van der Waals surface area (Å²) < 4.78 is 2.06. The van der Waals surface area contributed by atoms with E-state index in [4.69, 9.17) is 0 Å². The van der Waals surface area contributed by atoms with E-state index >= 15 is 0 Å². The number of hydrogen-bond donors (Lipinski definition) is 1. The van der Waals surface area contributed by atoms with Crippen LogP contribution in [0.5, 0.6) is 0 Å². The molecule has 1 amide bonds. The molecule has 0 radical (unpaired) electrons. The van der Waals surface area contributed by atoms with E-state index in [1.807, 2.05) is 0 Å². The van der Waals surface area contributed by atoms with E-state index in [1.54, 1.807) is 11.8 Å². The van der Waals surface area contributed by atoms with Gasteiger partial charge in [0.1, 0.15) is 11.4 Å². The first-order valence-corrected chi connectivity index (χ1v) is 11.2. The summed E-state index contributed by atoms with van der Waals surface area (Å²) in [5, 5.41) is 8.10. The zero-order valence-electron chi connectivity index (χ0n) is 17.6. The summed E-state index contributed by atoms with van der Waals surface area (Å²) in [6, 6.07) is 0.307. The van der Waals surface area contributed by atoms with Gasteiger partial charge in [0, 0.05) is 19.1 Å². The van der Waals surface area contributed by atoms with Crippen molar-refractivity contribution >= 4 is 11.7 Å². The minimum absolute atomic E-state index is 0.0742. The lowest BCUT2D eigenvalue weighted by molar-refractivity contribution is 0.0926. The van der Waals surface area contributed by atoms with Crippen LogP contribution in [-0.2, 0) is 5.54 Å². The highest BCUT2D eigenvalue weighted by atomic mass is 16.1. The summed E-state index contributed by atoms with van der Waals surface area (Å²) in [4.78, 5) is 15.8. The Morgan fingerprint density at radius 2 is 1.96 bits per heavy atom. The van der Waals surface area contributed by atoms with Gasteiger partial charge >= 0.3 is 0 Å². The van der Waals surface area contributed by atoms with Crippen LogP contribution in [0, 0.1) is 17.8 Å². The maximum absolute atomic E-state index is 13.4. The first kappa shape index (κ1) is 18.3. The number of carbonyl (C=O) groups is 1. The lowest BCUT2D eigenvalue weighted by Gasteiger charge is -2.33. The first-order chi connectivity index (χ1) is 13.4. The van der Waals surface area contributed by atoms with E-state index in [-0.39, 0.29) is 11.4 Å². The molecule has 1 N–H and O–H groups in total. The fourth-order valence-corrected chi connectivity index (χ4v) is 6.16. The Bertz CT molecular complexity index is 796. The van der Waals surface area contributed by atoms with Crippen LogP contribution in [0.4, 0.5) is 5.82 Å². The van der Waals surface area contributed by atoms with Crippen LogP contribution in [0.15, 0.2) is 17.8 Å². The zero-order chi connectivity index (χ0) is 19.5.